The van der Waals surface area contributed by atoms with Gasteiger partial charge in [-0.2, -0.15) is 0 Å². The van der Waals surface area contributed by atoms with E-state index in [1.807, 2.05) is 42.1 Å². The number of imidazole rings is 1. The highest BCUT2D eigenvalue weighted by atomic mass is 79.9. The number of nitrogens with zero attached hydrogens (tertiary/aromatic N) is 3. The lowest BCUT2D eigenvalue weighted by molar-refractivity contribution is -0.129. The van der Waals surface area contributed by atoms with E-state index in [1.165, 1.54) is 0 Å². The summed E-state index contributed by atoms with van der Waals surface area (Å²) in [6, 6.07) is 14.6. The Hall–Kier alpha value is -3.13. The molecule has 1 N–H and O–H groups in total. The standard InChI is InChI=1S/C22H21BrN4O3/c1-26-13-11-24-20(26)14-30-16-8-6-15(7-9-16)25-21(28)17-10-12-27(22(17)29)19-5-3-2-4-18(19)23/h2-9,11,13,17H,10,12,14H2,1H3,(H,25,28). The van der Waals surface area contributed by atoms with Crippen LogP contribution in [-0.4, -0.2) is 27.9 Å². The van der Waals surface area contributed by atoms with E-state index in [9.17, 15) is 9.59 Å². The number of carbonyl (C=O) groups is 2. The van der Waals surface area contributed by atoms with Crippen LogP contribution in [0.4, 0.5) is 11.4 Å². The second kappa shape index (κ2) is 8.71. The molecule has 1 fully saturated rings. The van der Waals surface area contributed by atoms with Crippen molar-refractivity contribution in [3.8, 4) is 5.75 Å². The predicted octanol–water partition coefficient (Wildman–Crippen LogP) is 3.75. The molecule has 1 saturated heterocycles. The van der Waals surface area contributed by atoms with Crippen LogP contribution in [0.25, 0.3) is 0 Å². The third kappa shape index (κ3) is 4.23. The Morgan fingerprint density at radius 1 is 1.23 bits per heavy atom. The van der Waals surface area contributed by atoms with Gasteiger partial charge in [0, 0.05) is 36.1 Å². The maximum atomic E-state index is 12.8. The average Bonchev–Trinajstić information content (AvgIpc) is 3.33. The van der Waals surface area contributed by atoms with Gasteiger partial charge in [-0.3, -0.25) is 9.59 Å². The maximum Gasteiger partial charge on any atom is 0.239 e. The third-order valence-corrected chi connectivity index (χ3v) is 5.75. The van der Waals surface area contributed by atoms with Crippen LogP contribution in [0.1, 0.15) is 12.2 Å². The fourth-order valence-electron chi connectivity index (χ4n) is 3.38. The molecule has 1 unspecified atom stereocenters. The van der Waals surface area contributed by atoms with Gasteiger partial charge in [0.1, 0.15) is 24.1 Å². The molecular formula is C22H21BrN4O3. The molecule has 30 heavy (non-hydrogen) atoms. The Morgan fingerprint density at radius 3 is 2.70 bits per heavy atom. The first-order valence-electron chi connectivity index (χ1n) is 9.59. The SMILES string of the molecule is Cn1ccnc1COc1ccc(NC(=O)C2CCN(c3ccccc3Br)C2=O)cc1. The number of benzene rings is 2. The molecule has 1 atom stereocenters. The molecule has 2 heterocycles. The summed E-state index contributed by atoms with van der Waals surface area (Å²) in [7, 11) is 1.91. The van der Waals surface area contributed by atoms with Crippen molar-refractivity contribution >= 4 is 39.1 Å². The molecule has 3 aromatic rings. The quantitative estimate of drug-likeness (QED) is 0.558. The Morgan fingerprint density at radius 2 is 2.00 bits per heavy atom. The minimum Gasteiger partial charge on any atom is -0.486 e. The zero-order valence-electron chi connectivity index (χ0n) is 16.4. The van der Waals surface area contributed by atoms with Crippen LogP contribution in [0.2, 0.25) is 0 Å². The molecular weight excluding hydrogens is 448 g/mol. The van der Waals surface area contributed by atoms with Crippen molar-refractivity contribution in [1.29, 1.82) is 0 Å². The minimum absolute atomic E-state index is 0.186. The van der Waals surface area contributed by atoms with E-state index < -0.39 is 5.92 Å². The summed E-state index contributed by atoms with van der Waals surface area (Å²) in [4.78, 5) is 31.3. The summed E-state index contributed by atoms with van der Waals surface area (Å²) in [5, 5.41) is 2.84. The molecule has 0 radical (unpaired) electrons. The van der Waals surface area contributed by atoms with Gasteiger partial charge < -0.3 is 19.5 Å². The molecule has 0 aliphatic carbocycles. The van der Waals surface area contributed by atoms with E-state index in [2.05, 4.69) is 26.2 Å². The van der Waals surface area contributed by atoms with E-state index in [4.69, 9.17) is 4.74 Å². The molecule has 2 aromatic carbocycles. The largest absolute Gasteiger partial charge is 0.486 e. The molecule has 154 valence electrons. The fourth-order valence-corrected chi connectivity index (χ4v) is 3.88. The van der Waals surface area contributed by atoms with Crippen LogP contribution in [0.15, 0.2) is 65.4 Å². The van der Waals surface area contributed by atoms with Gasteiger partial charge in [0.25, 0.3) is 0 Å². The number of amides is 2. The first-order chi connectivity index (χ1) is 14.5. The number of aryl methyl sites for hydroxylation is 1. The normalized spacial score (nSPS) is 16.0. The average molecular weight is 469 g/mol. The Balaban J connectivity index is 1.35. The van der Waals surface area contributed by atoms with E-state index in [0.717, 1.165) is 16.0 Å². The Bertz CT molecular complexity index is 1060. The van der Waals surface area contributed by atoms with Crippen molar-refractivity contribution in [2.45, 2.75) is 13.0 Å². The summed E-state index contributed by atoms with van der Waals surface area (Å²) >= 11 is 3.47. The van der Waals surface area contributed by atoms with Gasteiger partial charge in [0.05, 0.1) is 5.69 Å². The van der Waals surface area contributed by atoms with E-state index in [-0.39, 0.29) is 11.8 Å². The lowest BCUT2D eigenvalue weighted by Crippen LogP contribution is -2.33. The molecule has 0 bridgehead atoms. The Labute approximate surface area is 182 Å². The van der Waals surface area contributed by atoms with Crippen LogP contribution in [-0.2, 0) is 23.2 Å². The van der Waals surface area contributed by atoms with Gasteiger partial charge in [0.2, 0.25) is 11.8 Å². The molecule has 1 aliphatic rings. The molecule has 2 amide bonds. The number of carbonyl (C=O) groups excluding carboxylic acids is 2. The van der Waals surface area contributed by atoms with Crippen LogP contribution in [0.3, 0.4) is 0 Å². The molecule has 0 saturated carbocycles. The molecule has 1 aromatic heterocycles. The van der Waals surface area contributed by atoms with E-state index >= 15 is 0 Å². The highest BCUT2D eigenvalue weighted by molar-refractivity contribution is 9.10. The number of rotatable bonds is 6. The van der Waals surface area contributed by atoms with Crippen LogP contribution in [0.5, 0.6) is 5.75 Å². The number of ether oxygens (including phenoxy) is 1. The van der Waals surface area contributed by atoms with Crippen molar-refractivity contribution in [3.63, 3.8) is 0 Å². The van der Waals surface area contributed by atoms with Gasteiger partial charge in [-0.15, -0.1) is 0 Å². The second-order valence-electron chi connectivity index (χ2n) is 7.04. The smallest absolute Gasteiger partial charge is 0.239 e. The summed E-state index contributed by atoms with van der Waals surface area (Å²) < 4.78 is 8.45. The number of halogens is 1. The molecule has 0 spiro atoms. The molecule has 4 rings (SSSR count). The van der Waals surface area contributed by atoms with Crippen molar-refractivity contribution in [3.05, 3.63) is 71.2 Å². The van der Waals surface area contributed by atoms with Gasteiger partial charge >= 0.3 is 0 Å². The molecule has 1 aliphatic heterocycles. The third-order valence-electron chi connectivity index (χ3n) is 5.08. The lowest BCUT2D eigenvalue weighted by atomic mass is 10.1. The van der Waals surface area contributed by atoms with Crippen LogP contribution < -0.4 is 15.0 Å². The molecule has 7 nitrogen and oxygen atoms in total. The zero-order valence-corrected chi connectivity index (χ0v) is 18.0. The highest BCUT2D eigenvalue weighted by Gasteiger charge is 2.38. The zero-order chi connectivity index (χ0) is 21.1. The number of aromatic nitrogens is 2. The summed E-state index contributed by atoms with van der Waals surface area (Å²) in [6.45, 7) is 0.871. The maximum absolute atomic E-state index is 12.8. The number of para-hydroxylation sites is 1. The van der Waals surface area contributed by atoms with Crippen molar-refractivity contribution < 1.29 is 14.3 Å². The summed E-state index contributed by atoms with van der Waals surface area (Å²) in [5.74, 6) is 0.317. The van der Waals surface area contributed by atoms with Crippen molar-refractivity contribution in [1.82, 2.24) is 9.55 Å². The van der Waals surface area contributed by atoms with Crippen molar-refractivity contribution in [2.75, 3.05) is 16.8 Å². The van der Waals surface area contributed by atoms with E-state index in [1.54, 1.807) is 35.4 Å². The Kier molecular flexibility index (Phi) is 5.85. The molecule has 8 heteroatoms. The van der Waals surface area contributed by atoms with E-state index in [0.29, 0.717) is 31.0 Å². The minimum atomic E-state index is -0.698. The summed E-state index contributed by atoms with van der Waals surface area (Å²) in [5.41, 5.74) is 1.41. The topological polar surface area (TPSA) is 76.5 Å². The number of hydrogen-bond donors (Lipinski definition) is 1. The highest BCUT2D eigenvalue weighted by Crippen LogP contribution is 2.32. The van der Waals surface area contributed by atoms with Gasteiger partial charge in [-0.25, -0.2) is 4.98 Å². The van der Waals surface area contributed by atoms with Crippen molar-refractivity contribution in [2.24, 2.45) is 13.0 Å². The number of hydrogen-bond acceptors (Lipinski definition) is 4. The fraction of sp³-hybridized carbons (Fsp3) is 0.227. The van der Waals surface area contributed by atoms with Gasteiger partial charge in [0.15, 0.2) is 0 Å². The van der Waals surface area contributed by atoms with Gasteiger partial charge in [-0.1, -0.05) is 12.1 Å². The first-order valence-corrected chi connectivity index (χ1v) is 10.4. The first kappa shape index (κ1) is 20.2. The lowest BCUT2D eigenvalue weighted by Gasteiger charge is -2.18. The number of nitrogens with one attached hydrogen (secondary N) is 1. The van der Waals surface area contributed by atoms with Gasteiger partial charge in [-0.05, 0) is 58.7 Å². The second-order valence-corrected chi connectivity index (χ2v) is 7.89. The predicted molar refractivity (Wildman–Crippen MR) is 117 cm³/mol. The number of anilines is 2. The monoisotopic (exact) mass is 468 g/mol. The summed E-state index contributed by atoms with van der Waals surface area (Å²) in [6.07, 6.45) is 4.06. The van der Waals surface area contributed by atoms with Crippen LogP contribution >= 0.6 is 15.9 Å². The van der Waals surface area contributed by atoms with Crippen LogP contribution in [0, 0.1) is 5.92 Å².